The Labute approximate surface area is 92.6 Å². The number of nitrogens with zero attached hydrogens (tertiary/aromatic N) is 1. The Bertz CT molecular complexity index is 277. The Balaban J connectivity index is 2.66. The normalized spacial score (nSPS) is 30.2. The van der Waals surface area contributed by atoms with Crippen molar-refractivity contribution in [3.8, 4) is 6.07 Å². The summed E-state index contributed by atoms with van der Waals surface area (Å²) in [7, 11) is 0. The van der Waals surface area contributed by atoms with Gasteiger partial charge in [-0.05, 0) is 38.0 Å². The molecule has 0 aromatic carbocycles. The Morgan fingerprint density at radius 1 is 1.67 bits per heavy atom. The number of aliphatic hydroxyl groups is 1. The second-order valence-corrected chi connectivity index (χ2v) is 4.82. The minimum Gasteiger partial charge on any atom is -0.391 e. The fourth-order valence-electron chi connectivity index (χ4n) is 2.59. The summed E-state index contributed by atoms with van der Waals surface area (Å²) in [5, 5.41) is 19.1. The van der Waals surface area contributed by atoms with E-state index in [1.54, 1.807) is 0 Å². The summed E-state index contributed by atoms with van der Waals surface area (Å²) in [5.74, 6) is 0.609. The minimum atomic E-state index is -0.453. The summed E-state index contributed by atoms with van der Waals surface area (Å²) in [5.41, 5.74) is 1.35. The van der Waals surface area contributed by atoms with Crippen LogP contribution in [0.2, 0.25) is 0 Å². The van der Waals surface area contributed by atoms with Gasteiger partial charge in [-0.15, -0.1) is 0 Å². The first kappa shape index (κ1) is 12.3. The lowest BCUT2D eigenvalue weighted by Crippen LogP contribution is -2.31. The first-order valence-electron chi connectivity index (χ1n) is 5.83. The molecule has 0 amide bonds. The van der Waals surface area contributed by atoms with Crippen LogP contribution in [0.25, 0.3) is 0 Å². The lowest BCUT2D eigenvalue weighted by Gasteiger charge is -2.31. The van der Waals surface area contributed by atoms with Crippen molar-refractivity contribution in [3.63, 3.8) is 0 Å². The molecular formula is C13H21NO. The molecule has 0 spiro atoms. The van der Waals surface area contributed by atoms with Gasteiger partial charge in [0, 0.05) is 0 Å². The van der Waals surface area contributed by atoms with Gasteiger partial charge >= 0.3 is 0 Å². The van der Waals surface area contributed by atoms with E-state index in [9.17, 15) is 5.11 Å². The third kappa shape index (κ3) is 3.07. The molecule has 0 radical (unpaired) electrons. The quantitative estimate of drug-likeness (QED) is 0.723. The highest BCUT2D eigenvalue weighted by Gasteiger charge is 2.29. The average Bonchev–Trinajstić information content (AvgIpc) is 2.18. The van der Waals surface area contributed by atoms with Crippen LogP contribution in [-0.4, -0.2) is 11.2 Å². The molecule has 0 aromatic heterocycles. The van der Waals surface area contributed by atoms with Crippen LogP contribution >= 0.6 is 0 Å². The molecule has 15 heavy (non-hydrogen) atoms. The molecule has 0 fully saturated rings. The topological polar surface area (TPSA) is 44.0 Å². The first-order chi connectivity index (χ1) is 7.08. The molecule has 1 rings (SSSR count). The summed E-state index contributed by atoms with van der Waals surface area (Å²) in [4.78, 5) is 0. The molecule has 1 aliphatic rings. The molecule has 0 aromatic rings. The standard InChI is InChI=1S/C13H21NO/c1-4-11(8-14)13(15)12-6-9(2)5-10(3)7-12/h5,9,11-13,15H,4,6-7H2,1-3H3. The van der Waals surface area contributed by atoms with Crippen molar-refractivity contribution in [2.24, 2.45) is 17.8 Å². The monoisotopic (exact) mass is 207 g/mol. The molecule has 1 aliphatic carbocycles. The van der Waals surface area contributed by atoms with Crippen LogP contribution in [0.4, 0.5) is 0 Å². The van der Waals surface area contributed by atoms with E-state index >= 15 is 0 Å². The minimum absolute atomic E-state index is 0.201. The third-order valence-electron chi connectivity index (χ3n) is 3.33. The van der Waals surface area contributed by atoms with E-state index in [4.69, 9.17) is 5.26 Å². The van der Waals surface area contributed by atoms with Crippen LogP contribution in [0, 0.1) is 29.1 Å². The van der Waals surface area contributed by atoms with Crippen molar-refractivity contribution in [2.45, 2.75) is 46.1 Å². The molecule has 4 unspecified atom stereocenters. The first-order valence-corrected chi connectivity index (χ1v) is 5.83. The number of rotatable bonds is 3. The highest BCUT2D eigenvalue weighted by Crippen LogP contribution is 2.33. The molecule has 1 N–H and O–H groups in total. The van der Waals surface area contributed by atoms with E-state index in [0.717, 1.165) is 19.3 Å². The third-order valence-corrected chi connectivity index (χ3v) is 3.33. The van der Waals surface area contributed by atoms with Gasteiger partial charge < -0.3 is 5.11 Å². The van der Waals surface area contributed by atoms with Crippen molar-refractivity contribution in [1.29, 1.82) is 5.26 Å². The van der Waals surface area contributed by atoms with Gasteiger partial charge in [-0.3, -0.25) is 0 Å². The van der Waals surface area contributed by atoms with E-state index in [1.165, 1.54) is 5.57 Å². The maximum atomic E-state index is 10.1. The fourth-order valence-corrected chi connectivity index (χ4v) is 2.59. The Morgan fingerprint density at radius 2 is 2.33 bits per heavy atom. The van der Waals surface area contributed by atoms with Crippen LogP contribution in [0.5, 0.6) is 0 Å². The highest BCUT2D eigenvalue weighted by atomic mass is 16.3. The van der Waals surface area contributed by atoms with Gasteiger partial charge in [0.1, 0.15) is 0 Å². The summed E-state index contributed by atoms with van der Waals surface area (Å²) in [6.45, 7) is 6.25. The number of hydrogen-bond acceptors (Lipinski definition) is 2. The van der Waals surface area contributed by atoms with Gasteiger partial charge in [-0.2, -0.15) is 5.26 Å². The number of hydrogen-bond donors (Lipinski definition) is 1. The zero-order valence-electron chi connectivity index (χ0n) is 9.90. The zero-order chi connectivity index (χ0) is 11.4. The molecule has 0 bridgehead atoms. The number of nitriles is 1. The van der Waals surface area contributed by atoms with E-state index in [1.807, 2.05) is 6.92 Å². The smallest absolute Gasteiger partial charge is 0.0729 e. The van der Waals surface area contributed by atoms with Gasteiger partial charge in [-0.1, -0.05) is 25.5 Å². The van der Waals surface area contributed by atoms with Gasteiger partial charge in [0.2, 0.25) is 0 Å². The largest absolute Gasteiger partial charge is 0.391 e. The molecule has 0 heterocycles. The summed E-state index contributed by atoms with van der Waals surface area (Å²) in [6, 6.07) is 2.21. The van der Waals surface area contributed by atoms with Crippen molar-refractivity contribution >= 4 is 0 Å². The molecular weight excluding hydrogens is 186 g/mol. The predicted octanol–water partition coefficient (Wildman–Crippen LogP) is 2.89. The molecule has 0 aliphatic heterocycles. The van der Waals surface area contributed by atoms with Crippen molar-refractivity contribution in [2.75, 3.05) is 0 Å². The molecule has 84 valence electrons. The van der Waals surface area contributed by atoms with Crippen LogP contribution < -0.4 is 0 Å². The second kappa shape index (κ2) is 5.32. The Hall–Kier alpha value is -0.810. The maximum absolute atomic E-state index is 10.1. The second-order valence-electron chi connectivity index (χ2n) is 4.82. The lowest BCUT2D eigenvalue weighted by atomic mass is 9.77. The number of allylic oxidation sites excluding steroid dienone is 2. The number of aliphatic hydroxyl groups excluding tert-OH is 1. The van der Waals surface area contributed by atoms with Crippen LogP contribution in [-0.2, 0) is 0 Å². The summed E-state index contributed by atoms with van der Waals surface area (Å²) >= 11 is 0. The van der Waals surface area contributed by atoms with Gasteiger partial charge in [0.25, 0.3) is 0 Å². The fraction of sp³-hybridized carbons (Fsp3) is 0.769. The van der Waals surface area contributed by atoms with Crippen molar-refractivity contribution in [1.82, 2.24) is 0 Å². The maximum Gasteiger partial charge on any atom is 0.0729 e. The molecule has 0 saturated carbocycles. The van der Waals surface area contributed by atoms with Crippen LogP contribution in [0.1, 0.15) is 40.0 Å². The molecule has 0 saturated heterocycles. The molecule has 2 nitrogen and oxygen atoms in total. The molecule has 4 atom stereocenters. The highest BCUT2D eigenvalue weighted by molar-refractivity contribution is 5.08. The molecule has 2 heteroatoms. The van der Waals surface area contributed by atoms with E-state index in [0.29, 0.717) is 5.92 Å². The summed E-state index contributed by atoms with van der Waals surface area (Å²) < 4.78 is 0. The summed E-state index contributed by atoms with van der Waals surface area (Å²) in [6.07, 6.45) is 4.52. The van der Waals surface area contributed by atoms with Crippen LogP contribution in [0.15, 0.2) is 11.6 Å². The van der Waals surface area contributed by atoms with Crippen molar-refractivity contribution in [3.05, 3.63) is 11.6 Å². The lowest BCUT2D eigenvalue weighted by molar-refractivity contribution is 0.0579. The van der Waals surface area contributed by atoms with Gasteiger partial charge in [0.05, 0.1) is 18.1 Å². The van der Waals surface area contributed by atoms with E-state index < -0.39 is 6.10 Å². The Kier molecular flexibility index (Phi) is 4.35. The van der Waals surface area contributed by atoms with Crippen molar-refractivity contribution < 1.29 is 5.11 Å². The van der Waals surface area contributed by atoms with Gasteiger partial charge in [-0.25, -0.2) is 0 Å². The van der Waals surface area contributed by atoms with Gasteiger partial charge in [0.15, 0.2) is 0 Å². The van der Waals surface area contributed by atoms with E-state index in [2.05, 4.69) is 26.0 Å². The zero-order valence-corrected chi connectivity index (χ0v) is 9.90. The predicted molar refractivity (Wildman–Crippen MR) is 61.0 cm³/mol. The van der Waals surface area contributed by atoms with Crippen LogP contribution in [0.3, 0.4) is 0 Å². The SMILES string of the molecule is CCC(C#N)C(O)C1CC(C)=CC(C)C1. The van der Waals surface area contributed by atoms with E-state index in [-0.39, 0.29) is 11.8 Å². The Morgan fingerprint density at radius 3 is 2.80 bits per heavy atom. The average molecular weight is 207 g/mol.